The number of nitrogens with one attached hydrogen (secondary N) is 2. The number of anilines is 2. The van der Waals surface area contributed by atoms with Crippen LogP contribution in [0.1, 0.15) is 66.6 Å². The van der Waals surface area contributed by atoms with Crippen molar-refractivity contribution >= 4 is 40.1 Å². The van der Waals surface area contributed by atoms with Crippen LogP contribution in [0.3, 0.4) is 0 Å². The zero-order valence-corrected chi connectivity index (χ0v) is 25.7. The van der Waals surface area contributed by atoms with Gasteiger partial charge in [-0.3, -0.25) is 34.4 Å². The first-order valence-electron chi connectivity index (χ1n) is 15.1. The Morgan fingerprint density at radius 1 is 1.09 bits per heavy atom. The summed E-state index contributed by atoms with van der Waals surface area (Å²) < 4.78 is 41.4. The zero-order chi connectivity index (χ0) is 33.5. The topological polar surface area (TPSA) is 146 Å². The molecule has 2 aliphatic heterocycles. The number of rotatable bonds is 7. The highest BCUT2D eigenvalue weighted by atomic mass is 19.4. The van der Waals surface area contributed by atoms with Crippen LogP contribution in [-0.2, 0) is 23.1 Å². The molecule has 6 rings (SSSR count). The number of likely N-dealkylation sites (tertiary alicyclic amines) is 1. The summed E-state index contributed by atoms with van der Waals surface area (Å²) in [5.74, 6) is -1.12. The van der Waals surface area contributed by atoms with Gasteiger partial charge in [-0.15, -0.1) is 0 Å². The summed E-state index contributed by atoms with van der Waals surface area (Å²) in [5, 5.41) is 21.3. The Morgan fingerprint density at radius 3 is 2.51 bits per heavy atom. The molecule has 47 heavy (non-hydrogen) atoms. The number of halogens is 3. The molecule has 1 aromatic carbocycles. The number of nitrogens with zero attached hydrogens (tertiary/aromatic N) is 6. The van der Waals surface area contributed by atoms with E-state index in [1.165, 1.54) is 11.0 Å². The molecular formula is C32H33F3N8O4. The van der Waals surface area contributed by atoms with Crippen LogP contribution in [0.25, 0.3) is 10.9 Å². The van der Waals surface area contributed by atoms with Crippen LogP contribution in [-0.4, -0.2) is 67.2 Å². The fraction of sp³-hybridized carbons (Fsp3) is 0.375. The van der Waals surface area contributed by atoms with E-state index in [0.717, 1.165) is 43.8 Å². The molecule has 2 saturated heterocycles. The Balaban J connectivity index is 1.12. The van der Waals surface area contributed by atoms with Crippen molar-refractivity contribution in [1.29, 1.82) is 0 Å². The predicted octanol–water partition coefficient (Wildman–Crippen LogP) is 4.61. The summed E-state index contributed by atoms with van der Waals surface area (Å²) in [7, 11) is 0. The number of pyridine rings is 2. The number of piperidine rings is 1. The Bertz CT molecular complexity index is 1830. The largest absolute Gasteiger partial charge is 0.433 e. The molecule has 0 radical (unpaired) electrons. The van der Waals surface area contributed by atoms with Gasteiger partial charge in [0.2, 0.25) is 5.91 Å². The van der Waals surface area contributed by atoms with Crippen LogP contribution in [0.15, 0.2) is 54.9 Å². The number of alkyl halides is 3. The maximum absolute atomic E-state index is 13.2. The Morgan fingerprint density at radius 2 is 1.85 bits per heavy atom. The molecule has 3 aromatic heterocycles. The number of urea groups is 1. The van der Waals surface area contributed by atoms with Gasteiger partial charge in [-0.05, 0) is 63.1 Å². The molecule has 0 saturated carbocycles. The van der Waals surface area contributed by atoms with Crippen molar-refractivity contribution < 1.29 is 32.7 Å². The third-order valence-electron chi connectivity index (χ3n) is 8.33. The number of benzene rings is 1. The van der Waals surface area contributed by atoms with E-state index in [4.69, 9.17) is 5.10 Å². The second-order valence-electron chi connectivity index (χ2n) is 12.3. The van der Waals surface area contributed by atoms with Crippen molar-refractivity contribution in [1.82, 2.24) is 30.0 Å². The molecule has 12 nitrogen and oxygen atoms in total. The minimum Gasteiger partial charge on any atom is -0.386 e. The maximum Gasteiger partial charge on any atom is 0.433 e. The number of amides is 4. The molecule has 0 bridgehead atoms. The molecule has 0 atom stereocenters. The monoisotopic (exact) mass is 650 g/mol. The average molecular weight is 651 g/mol. The second-order valence-corrected chi connectivity index (χ2v) is 12.3. The number of aliphatic hydroxyl groups is 1. The minimum absolute atomic E-state index is 0.104. The van der Waals surface area contributed by atoms with Gasteiger partial charge in [-0.1, -0.05) is 6.07 Å². The predicted molar refractivity (Wildman–Crippen MR) is 165 cm³/mol. The summed E-state index contributed by atoms with van der Waals surface area (Å²) in [6, 6.07) is 9.81. The van der Waals surface area contributed by atoms with E-state index in [1.54, 1.807) is 32.2 Å². The van der Waals surface area contributed by atoms with Crippen molar-refractivity contribution in [3.05, 3.63) is 77.5 Å². The van der Waals surface area contributed by atoms with Gasteiger partial charge in [0.15, 0.2) is 0 Å². The SMILES string of the molecule is CC(C)(O)c1cc2nn(C3CCN(Cc4ccc(N5CCC(=O)NC5=O)cn4)CC3)cc2cc1NC(=O)c1cccc(C(F)(F)F)n1. The number of fused-ring (bicyclic) bond motifs is 1. The first kappa shape index (κ1) is 32.1. The number of carbonyl (C=O) groups is 3. The van der Waals surface area contributed by atoms with Crippen LogP contribution in [0.2, 0.25) is 0 Å². The number of hydrogen-bond acceptors (Lipinski definition) is 8. The molecule has 15 heteroatoms. The number of aromatic nitrogens is 4. The lowest BCUT2D eigenvalue weighted by Crippen LogP contribution is -2.49. The average Bonchev–Trinajstić information content (AvgIpc) is 3.44. The van der Waals surface area contributed by atoms with Crippen LogP contribution in [0.5, 0.6) is 0 Å². The van der Waals surface area contributed by atoms with E-state index < -0.39 is 35.1 Å². The summed E-state index contributed by atoms with van der Waals surface area (Å²) in [6.07, 6.45) is 0.689. The molecule has 246 valence electrons. The highest BCUT2D eigenvalue weighted by Crippen LogP contribution is 2.34. The fourth-order valence-corrected chi connectivity index (χ4v) is 5.84. The van der Waals surface area contributed by atoms with E-state index in [9.17, 15) is 32.7 Å². The van der Waals surface area contributed by atoms with E-state index in [1.807, 2.05) is 23.0 Å². The molecule has 0 aliphatic carbocycles. The summed E-state index contributed by atoms with van der Waals surface area (Å²) >= 11 is 0. The number of hydrogen-bond donors (Lipinski definition) is 3. The van der Waals surface area contributed by atoms with Crippen molar-refractivity contribution in [2.24, 2.45) is 0 Å². The number of carbonyl (C=O) groups excluding carboxylic acids is 3. The fourth-order valence-electron chi connectivity index (χ4n) is 5.84. The lowest BCUT2D eigenvalue weighted by Gasteiger charge is -2.32. The van der Waals surface area contributed by atoms with Crippen molar-refractivity contribution in [2.75, 3.05) is 29.9 Å². The van der Waals surface area contributed by atoms with E-state index in [0.29, 0.717) is 35.2 Å². The Kier molecular flexibility index (Phi) is 8.44. The van der Waals surface area contributed by atoms with Crippen molar-refractivity contribution in [3.63, 3.8) is 0 Å². The van der Waals surface area contributed by atoms with Gasteiger partial charge in [0, 0.05) is 55.4 Å². The minimum atomic E-state index is -4.70. The smallest absolute Gasteiger partial charge is 0.386 e. The maximum atomic E-state index is 13.2. The van der Waals surface area contributed by atoms with Crippen LogP contribution < -0.4 is 15.5 Å². The normalized spacial score (nSPS) is 16.9. The molecule has 5 heterocycles. The Labute approximate surface area is 267 Å². The molecule has 4 aromatic rings. The summed E-state index contributed by atoms with van der Waals surface area (Å²) in [4.78, 5) is 48.3. The molecule has 0 spiro atoms. The third kappa shape index (κ3) is 7.10. The van der Waals surface area contributed by atoms with E-state index in [-0.39, 0.29) is 24.1 Å². The first-order valence-corrected chi connectivity index (χ1v) is 15.1. The zero-order valence-electron chi connectivity index (χ0n) is 25.7. The second kappa shape index (κ2) is 12.4. The van der Waals surface area contributed by atoms with E-state index >= 15 is 0 Å². The van der Waals surface area contributed by atoms with Gasteiger partial charge in [0.1, 0.15) is 11.4 Å². The van der Waals surface area contributed by atoms with Gasteiger partial charge in [0.25, 0.3) is 5.91 Å². The molecule has 0 unspecified atom stereocenters. The van der Waals surface area contributed by atoms with Crippen LogP contribution in [0, 0.1) is 0 Å². The molecule has 2 aliphatic rings. The highest BCUT2D eigenvalue weighted by Gasteiger charge is 2.33. The first-order chi connectivity index (χ1) is 22.2. The molecular weight excluding hydrogens is 617 g/mol. The molecule has 2 fully saturated rings. The van der Waals surface area contributed by atoms with Crippen molar-refractivity contribution in [2.45, 2.75) is 57.5 Å². The Hall–Kier alpha value is -4.89. The van der Waals surface area contributed by atoms with Crippen LogP contribution >= 0.6 is 0 Å². The van der Waals surface area contributed by atoms with Gasteiger partial charge < -0.3 is 10.4 Å². The van der Waals surface area contributed by atoms with Crippen LogP contribution in [0.4, 0.5) is 29.3 Å². The lowest BCUT2D eigenvalue weighted by molar-refractivity contribution is -0.141. The van der Waals surface area contributed by atoms with E-state index in [2.05, 4.69) is 25.5 Å². The highest BCUT2D eigenvalue weighted by molar-refractivity contribution is 6.06. The van der Waals surface area contributed by atoms with Gasteiger partial charge in [-0.2, -0.15) is 18.3 Å². The molecule has 4 amide bonds. The van der Waals surface area contributed by atoms with Gasteiger partial charge in [-0.25, -0.2) is 9.78 Å². The quantitative estimate of drug-likeness (QED) is 0.263. The standard InChI is InChI=1S/C32H33F3N8O4/c1-31(2,47)23-15-25-19(14-26(23)38-29(45)24-4-3-5-27(37-24)32(33,34)35)17-43(40-25)21-8-11-41(12-9-21)18-20-6-7-22(16-36-20)42-13-10-28(44)39-30(42)46/h3-7,14-17,21,47H,8-13,18H2,1-2H3,(H,38,45)(H,39,44,46). The lowest BCUT2D eigenvalue weighted by atomic mass is 9.95. The summed E-state index contributed by atoms with van der Waals surface area (Å²) in [5.41, 5.74) is -0.259. The summed E-state index contributed by atoms with van der Waals surface area (Å²) in [6.45, 7) is 5.63. The third-order valence-corrected chi connectivity index (χ3v) is 8.33. The van der Waals surface area contributed by atoms with Gasteiger partial charge >= 0.3 is 12.2 Å². The van der Waals surface area contributed by atoms with Gasteiger partial charge in [0.05, 0.1) is 34.7 Å². The molecule has 3 N–H and O–H groups in total. The number of imide groups is 1. The van der Waals surface area contributed by atoms with Crippen molar-refractivity contribution in [3.8, 4) is 0 Å².